The molecule has 1 saturated carbocycles. The van der Waals surface area contributed by atoms with E-state index in [2.05, 4.69) is 5.32 Å². The molecular formula is C18H22N2O4. The summed E-state index contributed by atoms with van der Waals surface area (Å²) >= 11 is 0. The Hall–Kier alpha value is -2.37. The van der Waals surface area contributed by atoms with E-state index in [0.717, 1.165) is 11.3 Å². The van der Waals surface area contributed by atoms with Crippen molar-refractivity contribution in [2.45, 2.75) is 39.0 Å². The molecule has 1 aliphatic carbocycles. The largest absolute Gasteiger partial charge is 0.481 e. The molecule has 0 saturated heterocycles. The minimum atomic E-state index is -0.816. The predicted molar refractivity (Wildman–Crippen MR) is 89.9 cm³/mol. The maximum Gasteiger partial charge on any atom is 0.306 e. The number of carbonyl (C=O) groups is 3. The first-order valence-corrected chi connectivity index (χ1v) is 8.46. The van der Waals surface area contributed by atoms with E-state index in [1.807, 2.05) is 25.1 Å². The molecule has 1 aliphatic heterocycles. The molecule has 6 heteroatoms. The summed E-state index contributed by atoms with van der Waals surface area (Å²) < 4.78 is 0. The van der Waals surface area contributed by atoms with Crippen molar-refractivity contribution in [1.82, 2.24) is 0 Å². The average Bonchev–Trinajstić information content (AvgIpc) is 3.05. The van der Waals surface area contributed by atoms with Crippen molar-refractivity contribution < 1.29 is 19.5 Å². The molecule has 1 aromatic rings. The third-order valence-electron chi connectivity index (χ3n) is 5.02. The summed E-state index contributed by atoms with van der Waals surface area (Å²) in [5.74, 6) is -1.45. The number of nitrogens with zero attached hydrogens (tertiary/aromatic N) is 1. The monoisotopic (exact) mass is 330 g/mol. The summed E-state index contributed by atoms with van der Waals surface area (Å²) in [5, 5.41) is 11.9. The summed E-state index contributed by atoms with van der Waals surface area (Å²) in [6.45, 7) is 2.58. The fraction of sp³-hybridized carbons (Fsp3) is 0.500. The minimum Gasteiger partial charge on any atom is -0.481 e. The Balaban J connectivity index is 1.70. The number of carbonyl (C=O) groups excluding carboxylic acids is 2. The van der Waals surface area contributed by atoms with Gasteiger partial charge in [-0.15, -0.1) is 0 Å². The van der Waals surface area contributed by atoms with Crippen molar-refractivity contribution in [3.63, 3.8) is 0 Å². The van der Waals surface area contributed by atoms with E-state index in [9.17, 15) is 14.4 Å². The highest BCUT2D eigenvalue weighted by Gasteiger charge is 2.34. The highest BCUT2D eigenvalue weighted by atomic mass is 16.4. The Morgan fingerprint density at radius 2 is 2.00 bits per heavy atom. The molecule has 2 atom stereocenters. The van der Waals surface area contributed by atoms with E-state index in [-0.39, 0.29) is 17.7 Å². The van der Waals surface area contributed by atoms with Gasteiger partial charge in [0.05, 0.1) is 5.92 Å². The molecular weight excluding hydrogens is 308 g/mol. The molecule has 1 heterocycles. The van der Waals surface area contributed by atoms with Crippen LogP contribution in [0.1, 0.15) is 38.2 Å². The van der Waals surface area contributed by atoms with Gasteiger partial charge in [-0.2, -0.15) is 0 Å². The van der Waals surface area contributed by atoms with Gasteiger partial charge in [-0.3, -0.25) is 14.4 Å². The number of rotatable bonds is 4. The summed E-state index contributed by atoms with van der Waals surface area (Å²) in [6.07, 6.45) is 2.75. The van der Waals surface area contributed by atoms with Crippen LogP contribution in [0.15, 0.2) is 18.2 Å². The SMILES string of the molecule is CCN1C(=O)CCc2cc(NC(=O)[C@@H]3CC[C@H](C(=O)O)C3)ccc21. The van der Waals surface area contributed by atoms with Crippen LogP contribution in [0.2, 0.25) is 0 Å². The quantitative estimate of drug-likeness (QED) is 0.887. The van der Waals surface area contributed by atoms with Crippen LogP contribution in [-0.2, 0) is 20.8 Å². The standard InChI is InChI=1S/C18H22N2O4/c1-2-20-15-7-6-14(10-11(15)5-8-16(20)21)19-17(22)12-3-4-13(9-12)18(23)24/h6-7,10,12-13H,2-5,8-9H2,1H3,(H,19,22)(H,23,24)/t12-,13+/m1/s1. The number of aliphatic carboxylic acids is 1. The number of carboxylic acid groups (broad SMARTS) is 1. The molecule has 0 bridgehead atoms. The molecule has 2 amide bonds. The molecule has 2 N–H and O–H groups in total. The van der Waals surface area contributed by atoms with Crippen LogP contribution in [-0.4, -0.2) is 29.4 Å². The number of aryl methyl sites for hydroxylation is 1. The Kier molecular flexibility index (Phi) is 4.55. The smallest absolute Gasteiger partial charge is 0.306 e. The molecule has 128 valence electrons. The first kappa shape index (κ1) is 16.5. The number of fused-ring (bicyclic) bond motifs is 1. The zero-order valence-electron chi connectivity index (χ0n) is 13.7. The van der Waals surface area contributed by atoms with Gasteiger partial charge < -0.3 is 15.3 Å². The third-order valence-corrected chi connectivity index (χ3v) is 5.02. The zero-order valence-corrected chi connectivity index (χ0v) is 13.7. The lowest BCUT2D eigenvalue weighted by atomic mass is 10.00. The fourth-order valence-electron chi connectivity index (χ4n) is 3.67. The second kappa shape index (κ2) is 6.63. The molecule has 3 rings (SSSR count). The predicted octanol–water partition coefficient (Wildman–Crippen LogP) is 2.43. The van der Waals surface area contributed by atoms with Crippen molar-refractivity contribution >= 4 is 29.2 Å². The van der Waals surface area contributed by atoms with Gasteiger partial charge in [0.15, 0.2) is 0 Å². The maximum absolute atomic E-state index is 12.4. The van der Waals surface area contributed by atoms with E-state index in [1.54, 1.807) is 4.90 Å². The average molecular weight is 330 g/mol. The summed E-state index contributed by atoms with van der Waals surface area (Å²) in [7, 11) is 0. The van der Waals surface area contributed by atoms with Crippen molar-refractivity contribution in [1.29, 1.82) is 0 Å². The molecule has 1 aromatic carbocycles. The van der Waals surface area contributed by atoms with Crippen LogP contribution >= 0.6 is 0 Å². The lowest BCUT2D eigenvalue weighted by molar-refractivity contribution is -0.141. The Morgan fingerprint density at radius 3 is 2.67 bits per heavy atom. The van der Waals surface area contributed by atoms with Crippen LogP contribution in [0.25, 0.3) is 0 Å². The number of benzene rings is 1. The van der Waals surface area contributed by atoms with Crippen LogP contribution in [0.4, 0.5) is 11.4 Å². The van der Waals surface area contributed by atoms with Crippen molar-refractivity contribution in [2.75, 3.05) is 16.8 Å². The highest BCUT2D eigenvalue weighted by molar-refractivity contribution is 5.98. The number of amides is 2. The lowest BCUT2D eigenvalue weighted by Gasteiger charge is -2.28. The second-order valence-electron chi connectivity index (χ2n) is 6.52. The van der Waals surface area contributed by atoms with E-state index in [4.69, 9.17) is 5.11 Å². The molecule has 0 aromatic heterocycles. The maximum atomic E-state index is 12.4. The van der Waals surface area contributed by atoms with Gasteiger partial charge in [-0.1, -0.05) is 0 Å². The van der Waals surface area contributed by atoms with Gasteiger partial charge in [0.1, 0.15) is 0 Å². The number of carboxylic acids is 1. The summed E-state index contributed by atoms with van der Waals surface area (Å²) in [6, 6.07) is 5.60. The van der Waals surface area contributed by atoms with Gasteiger partial charge in [-0.25, -0.2) is 0 Å². The summed E-state index contributed by atoms with van der Waals surface area (Å²) in [5.41, 5.74) is 2.69. The van der Waals surface area contributed by atoms with E-state index in [1.165, 1.54) is 0 Å². The van der Waals surface area contributed by atoms with Crippen molar-refractivity contribution in [2.24, 2.45) is 11.8 Å². The van der Waals surface area contributed by atoms with Crippen LogP contribution in [0, 0.1) is 11.8 Å². The normalized spacial score (nSPS) is 23.0. The van der Waals surface area contributed by atoms with Crippen LogP contribution < -0.4 is 10.2 Å². The first-order chi connectivity index (χ1) is 11.5. The highest BCUT2D eigenvalue weighted by Crippen LogP contribution is 2.33. The third kappa shape index (κ3) is 3.13. The van der Waals surface area contributed by atoms with Gasteiger partial charge >= 0.3 is 5.97 Å². The Morgan fingerprint density at radius 1 is 1.25 bits per heavy atom. The topological polar surface area (TPSA) is 86.7 Å². The molecule has 0 unspecified atom stereocenters. The van der Waals surface area contributed by atoms with E-state index >= 15 is 0 Å². The van der Waals surface area contributed by atoms with Crippen molar-refractivity contribution in [3.05, 3.63) is 23.8 Å². The van der Waals surface area contributed by atoms with Gasteiger partial charge in [0, 0.05) is 30.3 Å². The first-order valence-electron chi connectivity index (χ1n) is 8.46. The molecule has 2 aliphatic rings. The van der Waals surface area contributed by atoms with Gasteiger partial charge in [0.25, 0.3) is 0 Å². The van der Waals surface area contributed by atoms with Gasteiger partial charge in [0.2, 0.25) is 11.8 Å². The number of hydrogen-bond donors (Lipinski definition) is 2. The van der Waals surface area contributed by atoms with Crippen molar-refractivity contribution in [3.8, 4) is 0 Å². The van der Waals surface area contributed by atoms with Crippen LogP contribution in [0.3, 0.4) is 0 Å². The number of nitrogens with one attached hydrogen (secondary N) is 1. The molecule has 6 nitrogen and oxygen atoms in total. The Labute approximate surface area is 140 Å². The molecule has 24 heavy (non-hydrogen) atoms. The molecule has 0 spiro atoms. The number of hydrogen-bond acceptors (Lipinski definition) is 3. The minimum absolute atomic E-state index is 0.113. The number of anilines is 2. The van der Waals surface area contributed by atoms with Gasteiger partial charge in [-0.05, 0) is 56.4 Å². The van der Waals surface area contributed by atoms with Crippen LogP contribution in [0.5, 0.6) is 0 Å². The molecule has 1 fully saturated rings. The summed E-state index contributed by atoms with van der Waals surface area (Å²) in [4.78, 5) is 37.0. The zero-order chi connectivity index (χ0) is 17.3. The Bertz CT molecular complexity index is 686. The fourth-order valence-corrected chi connectivity index (χ4v) is 3.67. The van der Waals surface area contributed by atoms with E-state index < -0.39 is 11.9 Å². The lowest BCUT2D eigenvalue weighted by Crippen LogP contribution is -2.34. The molecule has 0 radical (unpaired) electrons. The second-order valence-corrected chi connectivity index (χ2v) is 6.52. The van der Waals surface area contributed by atoms with E-state index in [0.29, 0.717) is 44.3 Å².